The van der Waals surface area contributed by atoms with Crippen LogP contribution in [-0.4, -0.2) is 16.9 Å². The van der Waals surface area contributed by atoms with Crippen LogP contribution < -0.4 is 5.32 Å². The highest BCUT2D eigenvalue weighted by Crippen LogP contribution is 2.34. The van der Waals surface area contributed by atoms with Crippen LogP contribution in [0.1, 0.15) is 36.5 Å². The first-order chi connectivity index (χ1) is 8.13. The second-order valence-corrected chi connectivity index (χ2v) is 4.33. The number of pyridine rings is 1. The second-order valence-electron chi connectivity index (χ2n) is 4.33. The molecule has 0 saturated heterocycles. The molecule has 1 aliphatic carbocycles. The van der Waals surface area contributed by atoms with E-state index in [9.17, 15) is 13.6 Å². The molecule has 5 heteroatoms. The van der Waals surface area contributed by atoms with E-state index in [0.717, 1.165) is 25.5 Å². The second kappa shape index (κ2) is 4.77. The minimum atomic E-state index is -1.24. The van der Waals surface area contributed by atoms with Gasteiger partial charge in [-0.05, 0) is 24.8 Å². The summed E-state index contributed by atoms with van der Waals surface area (Å²) in [4.78, 5) is 14.8. The topological polar surface area (TPSA) is 42.0 Å². The predicted molar refractivity (Wildman–Crippen MR) is 58.4 cm³/mol. The van der Waals surface area contributed by atoms with Crippen molar-refractivity contribution >= 4 is 5.91 Å². The molecule has 1 saturated carbocycles. The molecule has 1 N–H and O–H groups in total. The van der Waals surface area contributed by atoms with Crippen LogP contribution in [0.5, 0.6) is 0 Å². The molecule has 2 unspecified atom stereocenters. The van der Waals surface area contributed by atoms with Gasteiger partial charge in [-0.25, -0.2) is 9.37 Å². The number of nitrogens with one attached hydrogen (secondary N) is 1. The van der Waals surface area contributed by atoms with Crippen LogP contribution in [0.3, 0.4) is 0 Å². The highest BCUT2D eigenvalue weighted by molar-refractivity contribution is 5.94. The number of hydrogen-bond donors (Lipinski definition) is 1. The predicted octanol–water partition coefficient (Wildman–Crippen LogP) is 2.28. The van der Waals surface area contributed by atoms with Crippen molar-refractivity contribution < 1.29 is 13.6 Å². The SMILES string of the molecule is CCCC1CC1NC(=O)c1ccnc(F)c1F. The fourth-order valence-electron chi connectivity index (χ4n) is 1.95. The first-order valence-corrected chi connectivity index (χ1v) is 5.74. The average molecular weight is 240 g/mol. The van der Waals surface area contributed by atoms with E-state index in [1.807, 2.05) is 0 Å². The van der Waals surface area contributed by atoms with Crippen LogP contribution in [-0.2, 0) is 0 Å². The van der Waals surface area contributed by atoms with E-state index in [0.29, 0.717) is 5.92 Å². The van der Waals surface area contributed by atoms with Crippen LogP contribution in [0, 0.1) is 17.7 Å². The van der Waals surface area contributed by atoms with E-state index < -0.39 is 17.7 Å². The average Bonchev–Trinajstić information content (AvgIpc) is 3.01. The zero-order valence-corrected chi connectivity index (χ0v) is 9.54. The molecule has 0 spiro atoms. The summed E-state index contributed by atoms with van der Waals surface area (Å²) in [5, 5.41) is 2.70. The Bertz CT molecular complexity index is 437. The van der Waals surface area contributed by atoms with Gasteiger partial charge in [-0.15, -0.1) is 0 Å². The first kappa shape index (κ1) is 12.0. The maximum Gasteiger partial charge on any atom is 0.254 e. The van der Waals surface area contributed by atoms with Gasteiger partial charge in [-0.3, -0.25) is 4.79 Å². The van der Waals surface area contributed by atoms with Gasteiger partial charge in [-0.1, -0.05) is 13.3 Å². The fraction of sp³-hybridized carbons (Fsp3) is 0.500. The Labute approximate surface area is 98.2 Å². The van der Waals surface area contributed by atoms with Gasteiger partial charge in [0.25, 0.3) is 5.91 Å². The Balaban J connectivity index is 1.99. The van der Waals surface area contributed by atoms with E-state index in [4.69, 9.17) is 0 Å². The summed E-state index contributed by atoms with van der Waals surface area (Å²) in [6.07, 6.45) is 4.13. The van der Waals surface area contributed by atoms with Crippen molar-refractivity contribution in [2.75, 3.05) is 0 Å². The standard InChI is InChI=1S/C12H14F2N2O/c1-2-3-7-6-9(7)16-12(17)8-4-5-15-11(14)10(8)13/h4-5,7,9H,2-3,6H2,1H3,(H,16,17). The van der Waals surface area contributed by atoms with Gasteiger partial charge >= 0.3 is 0 Å². The maximum atomic E-state index is 13.3. The van der Waals surface area contributed by atoms with Crippen molar-refractivity contribution in [1.82, 2.24) is 10.3 Å². The number of carbonyl (C=O) groups is 1. The molecule has 1 fully saturated rings. The number of halogens is 2. The van der Waals surface area contributed by atoms with Crippen LogP contribution >= 0.6 is 0 Å². The highest BCUT2D eigenvalue weighted by Gasteiger charge is 2.37. The number of amides is 1. The molecule has 0 aromatic carbocycles. The Morgan fingerprint density at radius 2 is 2.35 bits per heavy atom. The van der Waals surface area contributed by atoms with Gasteiger partial charge in [0, 0.05) is 12.2 Å². The molecule has 3 nitrogen and oxygen atoms in total. The molecule has 2 rings (SSSR count). The van der Waals surface area contributed by atoms with Gasteiger partial charge in [0.2, 0.25) is 5.95 Å². The lowest BCUT2D eigenvalue weighted by Gasteiger charge is -2.05. The number of aromatic nitrogens is 1. The number of hydrogen-bond acceptors (Lipinski definition) is 2. The maximum absolute atomic E-state index is 13.3. The number of nitrogens with zero attached hydrogens (tertiary/aromatic N) is 1. The highest BCUT2D eigenvalue weighted by atomic mass is 19.2. The van der Waals surface area contributed by atoms with Crippen LogP contribution in [0.25, 0.3) is 0 Å². The Hall–Kier alpha value is -1.52. The molecule has 0 bridgehead atoms. The Morgan fingerprint density at radius 1 is 1.59 bits per heavy atom. The number of rotatable bonds is 4. The molecule has 1 aromatic rings. The third kappa shape index (κ3) is 2.60. The quantitative estimate of drug-likeness (QED) is 0.820. The zero-order chi connectivity index (χ0) is 12.4. The summed E-state index contributed by atoms with van der Waals surface area (Å²) in [5.74, 6) is -2.50. The monoisotopic (exact) mass is 240 g/mol. The summed E-state index contributed by atoms with van der Waals surface area (Å²) in [6.45, 7) is 2.08. The Kier molecular flexibility index (Phi) is 3.36. The van der Waals surface area contributed by atoms with E-state index in [2.05, 4.69) is 17.2 Å². The molecule has 0 radical (unpaired) electrons. The molecule has 17 heavy (non-hydrogen) atoms. The fourth-order valence-corrected chi connectivity index (χ4v) is 1.95. The normalized spacial score (nSPS) is 22.3. The van der Waals surface area contributed by atoms with Crippen molar-refractivity contribution in [1.29, 1.82) is 0 Å². The van der Waals surface area contributed by atoms with Crippen molar-refractivity contribution in [3.05, 3.63) is 29.6 Å². The van der Waals surface area contributed by atoms with Crippen molar-refractivity contribution in [2.45, 2.75) is 32.2 Å². The summed E-state index contributed by atoms with van der Waals surface area (Å²) < 4.78 is 26.1. The van der Waals surface area contributed by atoms with Crippen molar-refractivity contribution in [3.8, 4) is 0 Å². The third-order valence-electron chi connectivity index (χ3n) is 2.99. The first-order valence-electron chi connectivity index (χ1n) is 5.74. The molecule has 92 valence electrons. The smallest absolute Gasteiger partial charge is 0.254 e. The van der Waals surface area contributed by atoms with Gasteiger partial charge < -0.3 is 5.32 Å². The molecule has 1 aromatic heterocycles. The Morgan fingerprint density at radius 3 is 3.06 bits per heavy atom. The molecule has 1 amide bonds. The lowest BCUT2D eigenvalue weighted by molar-refractivity contribution is 0.0943. The van der Waals surface area contributed by atoms with Crippen LogP contribution in [0.2, 0.25) is 0 Å². The molecular formula is C12H14F2N2O. The summed E-state index contributed by atoms with van der Waals surface area (Å²) in [5.41, 5.74) is -0.278. The van der Waals surface area contributed by atoms with E-state index in [1.165, 1.54) is 6.07 Å². The molecular weight excluding hydrogens is 226 g/mol. The van der Waals surface area contributed by atoms with E-state index >= 15 is 0 Å². The minimum Gasteiger partial charge on any atom is -0.349 e. The summed E-state index contributed by atoms with van der Waals surface area (Å²) in [6, 6.07) is 1.29. The molecule has 0 aliphatic heterocycles. The van der Waals surface area contributed by atoms with Crippen LogP contribution in [0.15, 0.2) is 12.3 Å². The van der Waals surface area contributed by atoms with E-state index in [1.54, 1.807) is 0 Å². The minimum absolute atomic E-state index is 0.109. The van der Waals surface area contributed by atoms with E-state index in [-0.39, 0.29) is 11.6 Å². The summed E-state index contributed by atoms with van der Waals surface area (Å²) in [7, 11) is 0. The van der Waals surface area contributed by atoms with Crippen molar-refractivity contribution in [2.24, 2.45) is 5.92 Å². The molecule has 1 aliphatic rings. The van der Waals surface area contributed by atoms with Crippen molar-refractivity contribution in [3.63, 3.8) is 0 Å². The third-order valence-corrected chi connectivity index (χ3v) is 2.99. The summed E-state index contributed by atoms with van der Waals surface area (Å²) >= 11 is 0. The molecule has 1 heterocycles. The van der Waals surface area contributed by atoms with Gasteiger partial charge in [0.05, 0.1) is 5.56 Å². The zero-order valence-electron chi connectivity index (χ0n) is 9.54. The van der Waals surface area contributed by atoms with Gasteiger partial charge in [-0.2, -0.15) is 4.39 Å². The van der Waals surface area contributed by atoms with Gasteiger partial charge in [0.1, 0.15) is 0 Å². The number of carbonyl (C=O) groups excluding carboxylic acids is 1. The van der Waals surface area contributed by atoms with Gasteiger partial charge in [0.15, 0.2) is 5.82 Å². The lowest BCUT2D eigenvalue weighted by Crippen LogP contribution is -2.28. The molecule has 2 atom stereocenters. The van der Waals surface area contributed by atoms with Crippen LogP contribution in [0.4, 0.5) is 8.78 Å². The largest absolute Gasteiger partial charge is 0.349 e. The lowest BCUT2D eigenvalue weighted by atomic mass is 10.2.